The molecular formula is C17H26N4O2. The SMILES string of the molecule is Cc1[nH]nc(CCC(=O)N2CCN(C3CCCC3)C(=O)C2)c1C. The smallest absolute Gasteiger partial charge is 0.242 e. The van der Waals surface area contributed by atoms with Crippen molar-refractivity contribution in [3.63, 3.8) is 0 Å². The molecular weight excluding hydrogens is 292 g/mol. The molecule has 23 heavy (non-hydrogen) atoms. The molecule has 126 valence electrons. The third kappa shape index (κ3) is 3.41. The maximum absolute atomic E-state index is 12.4. The largest absolute Gasteiger partial charge is 0.336 e. The van der Waals surface area contributed by atoms with Crippen molar-refractivity contribution in [3.8, 4) is 0 Å². The van der Waals surface area contributed by atoms with Crippen LogP contribution in [0.2, 0.25) is 0 Å². The van der Waals surface area contributed by atoms with Crippen molar-refractivity contribution in [2.75, 3.05) is 19.6 Å². The standard InChI is InChI=1S/C17H26N4O2/c1-12-13(2)18-19-15(12)7-8-16(22)20-9-10-21(17(23)11-20)14-5-3-4-6-14/h14H,3-11H2,1-2H3,(H,18,19). The maximum Gasteiger partial charge on any atom is 0.242 e. The molecule has 0 radical (unpaired) electrons. The van der Waals surface area contributed by atoms with Crippen LogP contribution in [0.15, 0.2) is 0 Å². The highest BCUT2D eigenvalue weighted by molar-refractivity contribution is 5.86. The number of H-pyrrole nitrogens is 1. The van der Waals surface area contributed by atoms with Gasteiger partial charge in [0.2, 0.25) is 11.8 Å². The van der Waals surface area contributed by atoms with E-state index in [4.69, 9.17) is 0 Å². The van der Waals surface area contributed by atoms with Gasteiger partial charge in [0, 0.05) is 37.7 Å². The molecule has 2 fully saturated rings. The minimum atomic E-state index is 0.0597. The monoisotopic (exact) mass is 318 g/mol. The fraction of sp³-hybridized carbons (Fsp3) is 0.706. The molecule has 1 saturated heterocycles. The Hall–Kier alpha value is -1.85. The van der Waals surface area contributed by atoms with Crippen LogP contribution in [-0.4, -0.2) is 57.5 Å². The number of aromatic amines is 1. The van der Waals surface area contributed by atoms with Gasteiger partial charge in [-0.3, -0.25) is 14.7 Å². The van der Waals surface area contributed by atoms with Gasteiger partial charge >= 0.3 is 0 Å². The molecule has 1 saturated carbocycles. The van der Waals surface area contributed by atoms with Crippen LogP contribution in [0.4, 0.5) is 0 Å². The first-order valence-corrected chi connectivity index (χ1v) is 8.64. The highest BCUT2D eigenvalue weighted by atomic mass is 16.2. The molecule has 0 unspecified atom stereocenters. The number of nitrogens with one attached hydrogen (secondary N) is 1. The summed E-state index contributed by atoms with van der Waals surface area (Å²) in [7, 11) is 0. The second-order valence-electron chi connectivity index (χ2n) is 6.76. The Morgan fingerprint density at radius 3 is 2.61 bits per heavy atom. The highest BCUT2D eigenvalue weighted by Gasteiger charge is 2.32. The zero-order chi connectivity index (χ0) is 16.4. The van der Waals surface area contributed by atoms with Gasteiger partial charge in [0.1, 0.15) is 0 Å². The zero-order valence-electron chi connectivity index (χ0n) is 14.1. The van der Waals surface area contributed by atoms with Gasteiger partial charge in [0.05, 0.1) is 12.2 Å². The number of aryl methyl sites for hydroxylation is 2. The van der Waals surface area contributed by atoms with Gasteiger partial charge in [0.15, 0.2) is 0 Å². The lowest BCUT2D eigenvalue weighted by atomic mass is 10.1. The van der Waals surface area contributed by atoms with E-state index in [1.807, 2.05) is 18.7 Å². The summed E-state index contributed by atoms with van der Waals surface area (Å²) in [5.41, 5.74) is 3.12. The fourth-order valence-electron chi connectivity index (χ4n) is 3.66. The number of aromatic nitrogens is 2. The number of carbonyl (C=O) groups excluding carboxylic acids is 2. The Labute approximate surface area is 137 Å². The van der Waals surface area contributed by atoms with E-state index >= 15 is 0 Å². The molecule has 2 aliphatic rings. The van der Waals surface area contributed by atoms with E-state index in [0.717, 1.165) is 29.8 Å². The van der Waals surface area contributed by atoms with E-state index in [1.165, 1.54) is 12.8 Å². The summed E-state index contributed by atoms with van der Waals surface area (Å²) in [6.45, 7) is 5.60. The Bertz CT molecular complexity index is 589. The average Bonchev–Trinajstić information content (AvgIpc) is 3.17. The summed E-state index contributed by atoms with van der Waals surface area (Å²) in [6.07, 6.45) is 5.74. The first-order chi connectivity index (χ1) is 11.1. The van der Waals surface area contributed by atoms with Crippen LogP contribution in [0, 0.1) is 13.8 Å². The fourth-order valence-corrected chi connectivity index (χ4v) is 3.66. The van der Waals surface area contributed by atoms with Crippen molar-refractivity contribution in [1.82, 2.24) is 20.0 Å². The Morgan fingerprint density at radius 2 is 2.00 bits per heavy atom. The maximum atomic E-state index is 12.4. The third-order valence-electron chi connectivity index (χ3n) is 5.31. The number of piperazine rings is 1. The topological polar surface area (TPSA) is 69.3 Å². The zero-order valence-corrected chi connectivity index (χ0v) is 14.1. The molecule has 6 nitrogen and oxygen atoms in total. The average molecular weight is 318 g/mol. The molecule has 2 amide bonds. The molecule has 1 aliphatic carbocycles. The third-order valence-corrected chi connectivity index (χ3v) is 5.31. The van der Waals surface area contributed by atoms with Gasteiger partial charge in [-0.2, -0.15) is 5.10 Å². The quantitative estimate of drug-likeness (QED) is 0.916. The van der Waals surface area contributed by atoms with Gasteiger partial charge in [-0.1, -0.05) is 12.8 Å². The summed E-state index contributed by atoms with van der Waals surface area (Å²) in [4.78, 5) is 28.4. The molecule has 6 heteroatoms. The van der Waals surface area contributed by atoms with E-state index in [-0.39, 0.29) is 18.4 Å². The van der Waals surface area contributed by atoms with Crippen molar-refractivity contribution < 1.29 is 9.59 Å². The van der Waals surface area contributed by atoms with E-state index in [1.54, 1.807) is 4.90 Å². The summed E-state index contributed by atoms with van der Waals surface area (Å²) in [5.74, 6) is 0.174. The van der Waals surface area contributed by atoms with Crippen LogP contribution in [-0.2, 0) is 16.0 Å². The lowest BCUT2D eigenvalue weighted by Gasteiger charge is -2.37. The number of carbonyl (C=O) groups is 2. The molecule has 0 aromatic carbocycles. The number of amides is 2. The van der Waals surface area contributed by atoms with Crippen molar-refractivity contribution in [2.24, 2.45) is 0 Å². The van der Waals surface area contributed by atoms with Gasteiger partial charge < -0.3 is 9.80 Å². The number of hydrogen-bond donors (Lipinski definition) is 1. The van der Waals surface area contributed by atoms with Crippen molar-refractivity contribution in [1.29, 1.82) is 0 Å². The van der Waals surface area contributed by atoms with E-state index in [2.05, 4.69) is 10.2 Å². The Kier molecular flexibility index (Phi) is 4.68. The van der Waals surface area contributed by atoms with Crippen LogP contribution in [0.3, 0.4) is 0 Å². The van der Waals surface area contributed by atoms with E-state index in [9.17, 15) is 9.59 Å². The second kappa shape index (κ2) is 6.72. The van der Waals surface area contributed by atoms with Crippen molar-refractivity contribution in [3.05, 3.63) is 17.0 Å². The molecule has 3 rings (SSSR count). The predicted octanol–water partition coefficient (Wildman–Crippen LogP) is 1.57. The molecule has 0 spiro atoms. The first kappa shape index (κ1) is 16.0. The predicted molar refractivity (Wildman–Crippen MR) is 86.9 cm³/mol. The molecule has 1 aliphatic heterocycles. The van der Waals surface area contributed by atoms with Gasteiger partial charge in [-0.05, 0) is 32.3 Å². The molecule has 0 bridgehead atoms. The second-order valence-corrected chi connectivity index (χ2v) is 6.76. The van der Waals surface area contributed by atoms with Crippen molar-refractivity contribution >= 4 is 11.8 Å². The Balaban J connectivity index is 1.51. The molecule has 2 heterocycles. The first-order valence-electron chi connectivity index (χ1n) is 8.64. The molecule has 0 atom stereocenters. The van der Waals surface area contributed by atoms with Crippen molar-refractivity contribution in [2.45, 2.75) is 58.4 Å². The summed E-state index contributed by atoms with van der Waals surface area (Å²) < 4.78 is 0. The summed E-state index contributed by atoms with van der Waals surface area (Å²) in [5, 5.41) is 7.19. The number of hydrogen-bond acceptors (Lipinski definition) is 3. The molecule has 1 N–H and O–H groups in total. The van der Waals surface area contributed by atoms with Gasteiger partial charge in [0.25, 0.3) is 0 Å². The van der Waals surface area contributed by atoms with Gasteiger partial charge in [-0.25, -0.2) is 0 Å². The van der Waals surface area contributed by atoms with E-state index < -0.39 is 0 Å². The lowest BCUT2D eigenvalue weighted by Crippen LogP contribution is -2.54. The van der Waals surface area contributed by atoms with E-state index in [0.29, 0.717) is 32.0 Å². The highest BCUT2D eigenvalue weighted by Crippen LogP contribution is 2.25. The molecule has 1 aromatic heterocycles. The van der Waals surface area contributed by atoms with Crippen LogP contribution in [0.25, 0.3) is 0 Å². The Morgan fingerprint density at radius 1 is 1.26 bits per heavy atom. The minimum absolute atomic E-state index is 0.0597. The normalized spacial score (nSPS) is 19.7. The van der Waals surface area contributed by atoms with Crippen LogP contribution < -0.4 is 0 Å². The molecule has 1 aromatic rings. The summed E-state index contributed by atoms with van der Waals surface area (Å²) in [6, 6.07) is 0.412. The summed E-state index contributed by atoms with van der Waals surface area (Å²) >= 11 is 0. The van der Waals surface area contributed by atoms with Crippen LogP contribution in [0.1, 0.15) is 49.1 Å². The van der Waals surface area contributed by atoms with Crippen LogP contribution >= 0.6 is 0 Å². The van der Waals surface area contributed by atoms with Crippen LogP contribution in [0.5, 0.6) is 0 Å². The van der Waals surface area contributed by atoms with Gasteiger partial charge in [-0.15, -0.1) is 0 Å². The number of rotatable bonds is 4. The number of nitrogens with zero attached hydrogens (tertiary/aromatic N) is 3. The minimum Gasteiger partial charge on any atom is -0.336 e. The lowest BCUT2D eigenvalue weighted by molar-refractivity contribution is -0.147.